The van der Waals surface area contributed by atoms with Crippen LogP contribution in [0.1, 0.15) is 95.6 Å². The van der Waals surface area contributed by atoms with Crippen LogP contribution < -0.4 is 5.73 Å². The van der Waals surface area contributed by atoms with E-state index in [1.165, 1.54) is 36.8 Å². The second-order valence-electron chi connectivity index (χ2n) is 11.7. The van der Waals surface area contributed by atoms with Crippen molar-refractivity contribution < 1.29 is 15.0 Å². The van der Waals surface area contributed by atoms with Crippen molar-refractivity contribution >= 4 is 5.97 Å². The fourth-order valence-electron chi connectivity index (χ4n) is 6.16. The largest absolute Gasteiger partial charge is 0.481 e. The third kappa shape index (κ3) is 13.3. The summed E-state index contributed by atoms with van der Waals surface area (Å²) in [6.07, 6.45) is 17.7. The third-order valence-corrected chi connectivity index (χ3v) is 8.51. The highest BCUT2D eigenvalue weighted by molar-refractivity contribution is 5.71. The minimum Gasteiger partial charge on any atom is -0.481 e. The zero-order valence-electron chi connectivity index (χ0n) is 25.1. The number of aliphatic hydroxyl groups excluding tert-OH is 1. The van der Waals surface area contributed by atoms with Crippen LogP contribution in [0.25, 0.3) is 0 Å². The number of carbonyl (C=O) groups is 1. The number of nitrogens with two attached hydrogens (primary N) is 1. The zero-order valence-corrected chi connectivity index (χ0v) is 25.1. The molecular weight excluding hydrogens is 494 g/mol. The van der Waals surface area contributed by atoms with Crippen molar-refractivity contribution in [2.75, 3.05) is 6.54 Å². The summed E-state index contributed by atoms with van der Waals surface area (Å²) < 4.78 is 0. The maximum atomic E-state index is 12.4. The Kier molecular flexibility index (Phi) is 17.3. The summed E-state index contributed by atoms with van der Waals surface area (Å²) in [5, 5.41) is 20.7. The molecule has 4 nitrogen and oxygen atoms in total. The molecule has 0 amide bonds. The molecule has 0 spiro atoms. The Balaban J connectivity index is 2.13. The number of unbranched alkanes of at least 4 members (excludes halogenated alkanes) is 4. The molecule has 0 unspecified atom stereocenters. The molecule has 0 saturated heterocycles. The quantitative estimate of drug-likeness (QED) is 0.102. The molecule has 0 aliphatic heterocycles. The second kappa shape index (κ2) is 20.4. The lowest BCUT2D eigenvalue weighted by Crippen LogP contribution is -2.38. The molecule has 2 aromatic carbocycles. The van der Waals surface area contributed by atoms with E-state index in [0.29, 0.717) is 12.5 Å². The maximum absolute atomic E-state index is 12.4. The Bertz CT molecular complexity index is 928. The summed E-state index contributed by atoms with van der Waals surface area (Å²) in [5.41, 5.74) is 8.67. The van der Waals surface area contributed by atoms with E-state index < -0.39 is 18.0 Å². The van der Waals surface area contributed by atoms with Gasteiger partial charge in [0.2, 0.25) is 0 Å². The van der Waals surface area contributed by atoms with Crippen molar-refractivity contribution in [2.45, 2.75) is 103 Å². The molecule has 0 saturated carbocycles. The van der Waals surface area contributed by atoms with E-state index in [4.69, 9.17) is 5.73 Å². The van der Waals surface area contributed by atoms with Crippen molar-refractivity contribution in [1.29, 1.82) is 0 Å². The summed E-state index contributed by atoms with van der Waals surface area (Å²) in [5.74, 6) is -1.10. The Hall–Kier alpha value is -2.43. The highest BCUT2D eigenvalue weighted by Crippen LogP contribution is 2.36. The minimum absolute atomic E-state index is 0.120. The average molecular weight is 550 g/mol. The second-order valence-corrected chi connectivity index (χ2v) is 11.7. The Morgan fingerprint density at radius 3 is 2.00 bits per heavy atom. The lowest BCUT2D eigenvalue weighted by atomic mass is 9.71. The molecular formula is C36H55NO3. The number of allylic oxidation sites excluding steroid dienone is 2. The molecule has 40 heavy (non-hydrogen) atoms. The van der Waals surface area contributed by atoms with Gasteiger partial charge in [-0.15, -0.1) is 0 Å². The Morgan fingerprint density at radius 1 is 0.825 bits per heavy atom. The summed E-state index contributed by atoms with van der Waals surface area (Å²) in [7, 11) is 0. The fourth-order valence-corrected chi connectivity index (χ4v) is 6.16. The van der Waals surface area contributed by atoms with Gasteiger partial charge in [0.1, 0.15) is 0 Å². The Morgan fingerprint density at radius 2 is 1.45 bits per heavy atom. The first-order chi connectivity index (χ1) is 19.5. The van der Waals surface area contributed by atoms with Gasteiger partial charge in [-0.2, -0.15) is 0 Å². The van der Waals surface area contributed by atoms with Gasteiger partial charge in [0.05, 0.1) is 12.0 Å². The van der Waals surface area contributed by atoms with Crippen LogP contribution in [0.5, 0.6) is 0 Å². The van der Waals surface area contributed by atoms with Crippen molar-refractivity contribution in [3.8, 4) is 0 Å². The normalized spacial score (nSPS) is 15.5. The number of hydrogen-bond donors (Lipinski definition) is 3. The summed E-state index contributed by atoms with van der Waals surface area (Å²) >= 11 is 0. The third-order valence-electron chi connectivity index (χ3n) is 8.51. The van der Waals surface area contributed by atoms with Gasteiger partial charge in [-0.1, -0.05) is 99.0 Å². The van der Waals surface area contributed by atoms with Gasteiger partial charge >= 0.3 is 5.97 Å². The summed E-state index contributed by atoms with van der Waals surface area (Å²) in [6.45, 7) is 4.41. The molecule has 5 atom stereocenters. The van der Waals surface area contributed by atoms with Gasteiger partial charge in [0.15, 0.2) is 0 Å². The van der Waals surface area contributed by atoms with Gasteiger partial charge in [0, 0.05) is 0 Å². The molecule has 0 aliphatic rings. The van der Waals surface area contributed by atoms with E-state index in [2.05, 4.69) is 61.5 Å². The van der Waals surface area contributed by atoms with E-state index in [0.717, 1.165) is 57.8 Å². The van der Waals surface area contributed by atoms with Gasteiger partial charge in [0.25, 0.3) is 0 Å². The van der Waals surface area contributed by atoms with Gasteiger partial charge in [-0.25, -0.2) is 0 Å². The average Bonchev–Trinajstić information content (AvgIpc) is 2.95. The molecule has 0 aliphatic carbocycles. The van der Waals surface area contributed by atoms with Gasteiger partial charge in [-0.05, 0) is 107 Å². The van der Waals surface area contributed by atoms with Crippen molar-refractivity contribution in [1.82, 2.24) is 0 Å². The molecule has 222 valence electrons. The number of hydrogen-bond acceptors (Lipinski definition) is 3. The van der Waals surface area contributed by atoms with Crippen LogP contribution in [0, 0.1) is 23.7 Å². The molecule has 0 bridgehead atoms. The number of aliphatic hydroxyl groups is 1. The van der Waals surface area contributed by atoms with Crippen LogP contribution in [0.15, 0.2) is 72.8 Å². The molecule has 0 aromatic heterocycles. The molecule has 4 N–H and O–H groups in total. The lowest BCUT2D eigenvalue weighted by Gasteiger charge is -2.34. The maximum Gasteiger partial charge on any atom is 0.309 e. The number of aliphatic carboxylic acids is 1. The molecule has 0 radical (unpaired) electrons. The topological polar surface area (TPSA) is 83.6 Å². The fraction of sp³-hybridized carbons (Fsp3) is 0.583. The predicted octanol–water partition coefficient (Wildman–Crippen LogP) is 8.23. The highest BCUT2D eigenvalue weighted by Gasteiger charge is 2.37. The van der Waals surface area contributed by atoms with E-state index in [1.54, 1.807) is 6.92 Å². The van der Waals surface area contributed by atoms with Crippen LogP contribution in [-0.2, 0) is 17.6 Å². The number of carboxylic acids is 1. The number of aryl methyl sites for hydroxylation is 2. The molecule has 2 aromatic rings. The van der Waals surface area contributed by atoms with Crippen LogP contribution in [-0.4, -0.2) is 28.8 Å². The van der Waals surface area contributed by atoms with E-state index in [1.807, 2.05) is 18.2 Å². The van der Waals surface area contributed by atoms with Crippen LogP contribution >= 0.6 is 0 Å². The van der Waals surface area contributed by atoms with Gasteiger partial charge in [-0.3, -0.25) is 4.79 Å². The van der Waals surface area contributed by atoms with Gasteiger partial charge < -0.3 is 15.9 Å². The van der Waals surface area contributed by atoms with Crippen molar-refractivity contribution in [3.05, 3.63) is 83.9 Å². The Labute approximate surface area is 244 Å². The van der Waals surface area contributed by atoms with E-state index in [9.17, 15) is 15.0 Å². The monoisotopic (exact) mass is 549 g/mol. The summed E-state index contributed by atoms with van der Waals surface area (Å²) in [6, 6.07) is 20.9. The smallest absolute Gasteiger partial charge is 0.309 e. The number of rotatable bonds is 22. The summed E-state index contributed by atoms with van der Waals surface area (Å²) in [4.78, 5) is 12.4. The zero-order chi connectivity index (χ0) is 29.0. The van der Waals surface area contributed by atoms with Crippen molar-refractivity contribution in [2.24, 2.45) is 29.4 Å². The van der Waals surface area contributed by atoms with Crippen LogP contribution in [0.2, 0.25) is 0 Å². The van der Waals surface area contributed by atoms with Crippen LogP contribution in [0.3, 0.4) is 0 Å². The lowest BCUT2D eigenvalue weighted by molar-refractivity contribution is -0.149. The van der Waals surface area contributed by atoms with E-state index in [-0.39, 0.29) is 11.8 Å². The number of carboxylic acid groups (broad SMARTS) is 1. The molecule has 0 heterocycles. The number of benzene rings is 2. The molecule has 2 rings (SSSR count). The molecule has 4 heteroatoms. The predicted molar refractivity (Wildman–Crippen MR) is 168 cm³/mol. The first-order valence-corrected chi connectivity index (χ1v) is 15.8. The SMILES string of the molecule is CCCCCCC=CC[C@@H](CCc1ccccc1)CC[C@H](CCN)[C@H](CCc1ccccc1)[C@H](C(=O)O)[C@H](C)O. The van der Waals surface area contributed by atoms with E-state index >= 15 is 0 Å². The minimum atomic E-state index is -0.901. The van der Waals surface area contributed by atoms with Crippen molar-refractivity contribution in [3.63, 3.8) is 0 Å². The standard InChI is InChI=1S/C36H55NO3/c1-3-4-5-6-7-8-11-20-32(22-21-30-16-12-9-13-17-30)23-25-33(27-28-37)34(35(29(2)38)36(39)40)26-24-31-18-14-10-15-19-31/h8-19,29,32-35,38H,3-7,20-28,37H2,1-2H3,(H,39,40)/t29-,32-,33+,34-,35+/m0/s1. The van der Waals surface area contributed by atoms with Crippen LogP contribution in [0.4, 0.5) is 0 Å². The molecule has 0 fully saturated rings. The first-order valence-electron chi connectivity index (χ1n) is 15.8. The highest BCUT2D eigenvalue weighted by atomic mass is 16.4. The first kappa shape index (κ1) is 33.8.